The van der Waals surface area contributed by atoms with E-state index in [1.807, 2.05) is 12.1 Å². The molecule has 1 aliphatic rings. The van der Waals surface area contributed by atoms with Gasteiger partial charge in [0.2, 0.25) is 0 Å². The third-order valence-electron chi connectivity index (χ3n) is 8.21. The maximum absolute atomic E-state index is 12.4. The standard InChI is InChI=1S/C28H39N3O5Si/c1-28(2,3)37(4,5)35-19-23-21(18-31-15-7-6-8-25(31)32)10-11-22-24(29-36-26(22)23)12-9-20-13-16-30(17-14-20)27(33)34/h6-8,10-11,15,20H,9,12-14,16-19H2,1-5H3,(H,33,34). The Balaban J connectivity index is 1.59. The van der Waals surface area contributed by atoms with E-state index in [-0.39, 0.29) is 10.6 Å². The van der Waals surface area contributed by atoms with E-state index in [4.69, 9.17) is 8.95 Å². The number of pyridine rings is 1. The van der Waals surface area contributed by atoms with Gasteiger partial charge in [0, 0.05) is 36.3 Å². The monoisotopic (exact) mass is 525 g/mol. The topological polar surface area (TPSA) is 97.8 Å². The van der Waals surface area contributed by atoms with Crippen LogP contribution in [0.4, 0.5) is 4.79 Å². The maximum Gasteiger partial charge on any atom is 0.407 e. The van der Waals surface area contributed by atoms with Gasteiger partial charge in [-0.05, 0) is 67.4 Å². The molecule has 1 saturated heterocycles. The van der Waals surface area contributed by atoms with Crippen molar-refractivity contribution in [3.8, 4) is 0 Å². The van der Waals surface area contributed by atoms with Crippen LogP contribution in [-0.2, 0) is 24.0 Å². The Hall–Kier alpha value is -2.91. The molecule has 9 heteroatoms. The van der Waals surface area contributed by atoms with Gasteiger partial charge in [-0.1, -0.05) is 38.1 Å². The van der Waals surface area contributed by atoms with E-state index in [0.717, 1.165) is 53.5 Å². The van der Waals surface area contributed by atoms with Crippen LogP contribution in [0.15, 0.2) is 45.8 Å². The molecule has 0 unspecified atom stereocenters. The second kappa shape index (κ2) is 10.8. The molecule has 2 aromatic heterocycles. The molecule has 1 N–H and O–H groups in total. The molecule has 37 heavy (non-hydrogen) atoms. The molecule has 0 saturated carbocycles. The van der Waals surface area contributed by atoms with E-state index in [9.17, 15) is 14.7 Å². The number of amides is 1. The van der Waals surface area contributed by atoms with E-state index < -0.39 is 14.4 Å². The maximum atomic E-state index is 12.4. The van der Waals surface area contributed by atoms with Crippen molar-refractivity contribution in [2.24, 2.45) is 5.92 Å². The third-order valence-corrected chi connectivity index (χ3v) is 12.7. The zero-order valence-corrected chi connectivity index (χ0v) is 23.6. The van der Waals surface area contributed by atoms with Crippen molar-refractivity contribution >= 4 is 25.4 Å². The number of carboxylic acid groups (broad SMARTS) is 1. The van der Waals surface area contributed by atoms with Crippen molar-refractivity contribution in [2.45, 2.75) is 77.7 Å². The molecule has 3 heterocycles. The molecule has 0 spiro atoms. The summed E-state index contributed by atoms with van der Waals surface area (Å²) in [4.78, 5) is 25.1. The van der Waals surface area contributed by atoms with Crippen molar-refractivity contribution < 1.29 is 18.9 Å². The minimum absolute atomic E-state index is 0.0499. The Morgan fingerprint density at radius 1 is 1.19 bits per heavy atom. The fourth-order valence-corrected chi connectivity index (χ4v) is 5.57. The van der Waals surface area contributed by atoms with Crippen molar-refractivity contribution in [3.63, 3.8) is 0 Å². The SMILES string of the molecule is CC(C)(C)[Si](C)(C)OCc1c(Cn2ccccc2=O)ccc2c(CCC3CCN(C(=O)O)CC3)noc12. The molecular weight excluding hydrogens is 486 g/mol. The Labute approximate surface area is 219 Å². The highest BCUT2D eigenvalue weighted by Crippen LogP contribution is 2.38. The number of fused-ring (bicyclic) bond motifs is 1. The second-order valence-electron chi connectivity index (χ2n) is 11.7. The summed E-state index contributed by atoms with van der Waals surface area (Å²) in [5.74, 6) is 0.480. The summed E-state index contributed by atoms with van der Waals surface area (Å²) in [6, 6.07) is 9.29. The van der Waals surface area contributed by atoms with Crippen molar-refractivity contribution in [1.82, 2.24) is 14.6 Å². The molecule has 0 atom stereocenters. The molecule has 3 aromatic rings. The molecule has 1 aliphatic heterocycles. The molecular formula is C28H39N3O5Si. The average Bonchev–Trinajstić information content (AvgIpc) is 3.26. The normalized spacial score (nSPS) is 15.4. The first-order valence-corrected chi connectivity index (χ1v) is 16.0. The minimum Gasteiger partial charge on any atom is -0.465 e. The van der Waals surface area contributed by atoms with E-state index in [0.29, 0.717) is 32.2 Å². The highest BCUT2D eigenvalue weighted by atomic mass is 28.4. The largest absolute Gasteiger partial charge is 0.465 e. The molecule has 4 rings (SSSR count). The molecule has 1 amide bonds. The fourth-order valence-electron chi connectivity index (χ4n) is 4.63. The molecule has 0 bridgehead atoms. The van der Waals surface area contributed by atoms with Crippen LogP contribution in [0.2, 0.25) is 18.1 Å². The van der Waals surface area contributed by atoms with Gasteiger partial charge >= 0.3 is 6.09 Å². The Morgan fingerprint density at radius 2 is 1.92 bits per heavy atom. The summed E-state index contributed by atoms with van der Waals surface area (Å²) in [6.45, 7) is 13.2. The molecule has 1 fully saturated rings. The van der Waals surface area contributed by atoms with Crippen LogP contribution in [0.3, 0.4) is 0 Å². The summed E-state index contributed by atoms with van der Waals surface area (Å²) in [5.41, 5.74) is 3.55. The van der Waals surface area contributed by atoms with Gasteiger partial charge in [-0.25, -0.2) is 4.79 Å². The number of likely N-dealkylation sites (tertiary alicyclic amines) is 1. The van der Waals surface area contributed by atoms with Gasteiger partial charge < -0.3 is 23.5 Å². The second-order valence-corrected chi connectivity index (χ2v) is 16.5. The van der Waals surface area contributed by atoms with Gasteiger partial charge in [-0.15, -0.1) is 0 Å². The lowest BCUT2D eigenvalue weighted by Gasteiger charge is -2.36. The highest BCUT2D eigenvalue weighted by Gasteiger charge is 2.37. The van der Waals surface area contributed by atoms with Crippen molar-refractivity contribution in [1.29, 1.82) is 0 Å². The number of hydrogen-bond acceptors (Lipinski definition) is 5. The third kappa shape index (κ3) is 6.15. The Bertz CT molecular complexity index is 1300. The Kier molecular flexibility index (Phi) is 7.94. The van der Waals surface area contributed by atoms with Crippen molar-refractivity contribution in [2.75, 3.05) is 13.1 Å². The number of benzene rings is 1. The number of aryl methyl sites for hydroxylation is 1. The molecule has 200 valence electrons. The average molecular weight is 526 g/mol. The van der Waals surface area contributed by atoms with E-state index in [1.165, 1.54) is 4.90 Å². The van der Waals surface area contributed by atoms with Gasteiger partial charge in [-0.3, -0.25) is 4.79 Å². The first-order valence-electron chi connectivity index (χ1n) is 13.1. The van der Waals surface area contributed by atoms with Gasteiger partial charge in [0.25, 0.3) is 5.56 Å². The molecule has 0 radical (unpaired) electrons. The summed E-state index contributed by atoms with van der Waals surface area (Å²) in [5, 5.41) is 14.7. The van der Waals surface area contributed by atoms with Crippen LogP contribution >= 0.6 is 0 Å². The van der Waals surface area contributed by atoms with Crippen LogP contribution in [0, 0.1) is 5.92 Å². The molecule has 0 aliphatic carbocycles. The predicted molar refractivity (Wildman–Crippen MR) is 146 cm³/mol. The molecule has 1 aromatic carbocycles. The van der Waals surface area contributed by atoms with Gasteiger partial charge in [0.05, 0.1) is 18.8 Å². The van der Waals surface area contributed by atoms with Crippen LogP contribution < -0.4 is 5.56 Å². The number of piperidine rings is 1. The van der Waals surface area contributed by atoms with Crippen LogP contribution in [0.1, 0.15) is 56.9 Å². The number of aromatic nitrogens is 2. The van der Waals surface area contributed by atoms with Crippen LogP contribution in [0.5, 0.6) is 0 Å². The number of carbonyl (C=O) groups is 1. The van der Waals surface area contributed by atoms with Gasteiger partial charge in [0.15, 0.2) is 13.9 Å². The van der Waals surface area contributed by atoms with Crippen LogP contribution in [-0.4, -0.2) is 47.2 Å². The zero-order valence-electron chi connectivity index (χ0n) is 22.6. The summed E-state index contributed by atoms with van der Waals surface area (Å²) >= 11 is 0. The lowest BCUT2D eigenvalue weighted by atomic mass is 9.91. The zero-order chi connectivity index (χ0) is 26.8. The van der Waals surface area contributed by atoms with Gasteiger partial charge in [-0.2, -0.15) is 0 Å². The van der Waals surface area contributed by atoms with E-state index >= 15 is 0 Å². The first-order chi connectivity index (χ1) is 17.5. The lowest BCUT2D eigenvalue weighted by molar-refractivity contribution is 0.123. The highest BCUT2D eigenvalue weighted by molar-refractivity contribution is 6.74. The summed E-state index contributed by atoms with van der Waals surface area (Å²) in [6.07, 6.45) is 4.46. The van der Waals surface area contributed by atoms with E-state index in [2.05, 4.69) is 45.1 Å². The Morgan fingerprint density at radius 3 is 2.57 bits per heavy atom. The van der Waals surface area contributed by atoms with Crippen LogP contribution in [0.25, 0.3) is 11.0 Å². The fraction of sp³-hybridized carbons (Fsp3) is 0.536. The smallest absolute Gasteiger partial charge is 0.407 e. The minimum atomic E-state index is -2.02. The summed E-state index contributed by atoms with van der Waals surface area (Å²) in [7, 11) is -2.02. The number of hydrogen-bond donors (Lipinski definition) is 1. The molecule has 8 nitrogen and oxygen atoms in total. The number of nitrogens with zero attached hydrogens (tertiary/aromatic N) is 3. The predicted octanol–water partition coefficient (Wildman–Crippen LogP) is 5.88. The van der Waals surface area contributed by atoms with Gasteiger partial charge in [0.1, 0.15) is 0 Å². The quantitative estimate of drug-likeness (QED) is 0.369. The summed E-state index contributed by atoms with van der Waals surface area (Å²) < 4.78 is 14.2. The first kappa shape index (κ1) is 27.1. The number of rotatable bonds is 8. The van der Waals surface area contributed by atoms with E-state index in [1.54, 1.807) is 22.9 Å². The lowest BCUT2D eigenvalue weighted by Crippen LogP contribution is -2.40. The van der Waals surface area contributed by atoms with Crippen molar-refractivity contribution in [3.05, 3.63) is 63.7 Å².